The van der Waals surface area contributed by atoms with Gasteiger partial charge in [-0.15, -0.1) is 0 Å². The number of nitrogens with zero attached hydrogens (tertiary/aromatic N) is 6. The zero-order valence-electron chi connectivity index (χ0n) is 44.5. The second-order valence-corrected chi connectivity index (χ2v) is 23.3. The molecule has 0 spiro atoms. The van der Waals surface area contributed by atoms with E-state index in [1.165, 1.54) is 24.8 Å². The number of ether oxygens (including phenoxy) is 1. The smallest absolute Gasteiger partial charge is 0.407 e. The van der Waals surface area contributed by atoms with Gasteiger partial charge in [-0.1, -0.05) is 84.0 Å². The van der Waals surface area contributed by atoms with Crippen molar-refractivity contribution in [2.45, 2.75) is 135 Å². The molecule has 0 bridgehead atoms. The molecule has 0 unspecified atom stereocenters. The number of aromatic nitrogens is 4. The lowest BCUT2D eigenvalue weighted by atomic mass is 9.85. The van der Waals surface area contributed by atoms with Crippen LogP contribution in [0.15, 0.2) is 78.9 Å². The fourth-order valence-electron chi connectivity index (χ4n) is 12.4. The number of H-pyrrole nitrogens is 2. The highest BCUT2D eigenvalue weighted by molar-refractivity contribution is 5.88. The number of amides is 4. The number of carbonyl (C=O) groups is 4. The predicted molar refractivity (Wildman–Crippen MR) is 287 cm³/mol. The SMILES string of the molecule is COC(=O)N[C@H](C(=O)N1CCC[C@H]1c1nc2ccc([C@H]3CC[C@H](c4ccc5nc([C@@H]6CCCN6C(=O)[C@@H](NC(=O)O)C(C)(C)C)[nH]c5c4)N3c3cc(F)c(N4CCC(c5ccccc5)CC4)c(F)c3)cc2[nH]1)C(C)(C)C. The van der Waals surface area contributed by atoms with E-state index in [0.717, 1.165) is 47.8 Å². The quantitative estimate of drug-likeness (QED) is 0.0834. The minimum atomic E-state index is -1.26. The molecule has 76 heavy (non-hydrogen) atoms. The van der Waals surface area contributed by atoms with Crippen molar-refractivity contribution in [1.29, 1.82) is 0 Å². The molecule has 4 aliphatic heterocycles. The molecule has 0 saturated carbocycles. The Labute approximate surface area is 442 Å². The molecule has 5 N–H and O–H groups in total. The van der Waals surface area contributed by atoms with Gasteiger partial charge in [-0.3, -0.25) is 9.59 Å². The summed E-state index contributed by atoms with van der Waals surface area (Å²) in [4.78, 5) is 76.9. The lowest BCUT2D eigenvalue weighted by Gasteiger charge is -2.36. The maximum absolute atomic E-state index is 16.8. The summed E-state index contributed by atoms with van der Waals surface area (Å²) in [5.41, 5.74) is 5.15. The highest BCUT2D eigenvalue weighted by Crippen LogP contribution is 2.49. The number of benzene rings is 4. The molecule has 6 aromatic rings. The summed E-state index contributed by atoms with van der Waals surface area (Å²) in [6, 6.07) is 22.1. The lowest BCUT2D eigenvalue weighted by molar-refractivity contribution is -0.137. The highest BCUT2D eigenvalue weighted by Gasteiger charge is 2.44. The van der Waals surface area contributed by atoms with E-state index in [-0.39, 0.29) is 41.7 Å². The molecule has 2 aromatic heterocycles. The fourth-order valence-corrected chi connectivity index (χ4v) is 12.4. The van der Waals surface area contributed by atoms with Crippen molar-refractivity contribution in [3.8, 4) is 0 Å². The van der Waals surface area contributed by atoms with Gasteiger partial charge in [-0.25, -0.2) is 28.3 Å². The van der Waals surface area contributed by atoms with Crippen LogP contribution in [-0.2, 0) is 14.3 Å². The zero-order chi connectivity index (χ0) is 53.8. The van der Waals surface area contributed by atoms with E-state index < -0.39 is 46.7 Å². The van der Waals surface area contributed by atoms with Crippen LogP contribution in [0.4, 0.5) is 29.7 Å². The van der Waals surface area contributed by atoms with Gasteiger partial charge in [0.05, 0.1) is 53.3 Å². The van der Waals surface area contributed by atoms with E-state index in [9.17, 15) is 24.3 Å². The number of methoxy groups -OCH3 is 1. The fraction of sp³-hybridized carbons (Fsp3) is 0.483. The number of alkyl carbamates (subject to hydrolysis) is 1. The number of imidazole rings is 2. The van der Waals surface area contributed by atoms with Gasteiger partial charge < -0.3 is 50.0 Å². The highest BCUT2D eigenvalue weighted by atomic mass is 19.1. The minimum absolute atomic E-state index is 0.0123. The molecule has 0 aliphatic carbocycles. The topological polar surface area (TPSA) is 192 Å². The summed E-state index contributed by atoms with van der Waals surface area (Å²) in [5, 5.41) is 14.8. The number of fused-ring (bicyclic) bond motifs is 2. The van der Waals surface area contributed by atoms with Crippen LogP contribution in [0.25, 0.3) is 22.1 Å². The summed E-state index contributed by atoms with van der Waals surface area (Å²) >= 11 is 0. The minimum Gasteiger partial charge on any atom is -0.465 e. The van der Waals surface area contributed by atoms with Crippen LogP contribution in [0.2, 0.25) is 0 Å². The first-order chi connectivity index (χ1) is 36.3. The van der Waals surface area contributed by atoms with Crippen LogP contribution in [0.3, 0.4) is 0 Å². The van der Waals surface area contributed by atoms with Crippen LogP contribution in [0.1, 0.15) is 151 Å². The van der Waals surface area contributed by atoms with Crippen molar-refractivity contribution in [1.82, 2.24) is 40.4 Å². The zero-order valence-corrected chi connectivity index (χ0v) is 44.5. The molecule has 10 rings (SSSR count). The van der Waals surface area contributed by atoms with Crippen LogP contribution >= 0.6 is 0 Å². The Bertz CT molecular complexity index is 3120. The van der Waals surface area contributed by atoms with Crippen molar-refractivity contribution < 1.29 is 37.8 Å². The molecule has 6 heterocycles. The summed E-state index contributed by atoms with van der Waals surface area (Å²) in [6.07, 6.45) is 3.78. The number of hydrogen-bond donors (Lipinski definition) is 5. The number of carboxylic acid groups (broad SMARTS) is 1. The maximum atomic E-state index is 16.8. The molecule has 402 valence electrons. The monoisotopic (exact) mass is 1040 g/mol. The van der Waals surface area contributed by atoms with Crippen molar-refractivity contribution >= 4 is 57.4 Å². The Balaban J connectivity index is 0.971. The van der Waals surface area contributed by atoms with E-state index >= 15 is 8.78 Å². The molecule has 4 fully saturated rings. The van der Waals surface area contributed by atoms with Crippen LogP contribution in [-0.4, -0.2) is 104 Å². The number of carbonyl (C=O) groups excluding carboxylic acids is 3. The normalized spacial score (nSPS) is 21.4. The first-order valence-electron chi connectivity index (χ1n) is 26.8. The first-order valence-corrected chi connectivity index (χ1v) is 26.8. The number of nitrogens with one attached hydrogen (secondary N) is 4. The summed E-state index contributed by atoms with van der Waals surface area (Å²) in [7, 11) is 1.27. The summed E-state index contributed by atoms with van der Waals surface area (Å²) in [5.74, 6) is -0.177. The third-order valence-corrected chi connectivity index (χ3v) is 16.2. The molecule has 4 aliphatic rings. The van der Waals surface area contributed by atoms with Gasteiger partial charge >= 0.3 is 12.2 Å². The van der Waals surface area contributed by atoms with Crippen molar-refractivity contribution in [3.63, 3.8) is 0 Å². The molecular weight excluding hydrogens is 971 g/mol. The van der Waals surface area contributed by atoms with E-state index in [1.54, 1.807) is 9.80 Å². The standard InChI is InChI=1S/C58H70F2N10O6/c1-57(2,3)49(65-55(73)74)53(71)68-25-11-15-46(68)51-61-40-19-17-35(29-42(40)63-51)44-21-22-45(70(44)37-31-38(59)48(39(60)32-37)67-27-23-34(24-28-67)33-13-9-8-10-14-33)36-18-20-41-43(30-36)64-52(62-41)47-16-12-26-69(47)54(72)50(58(4,5)6)66-56(75)76-7/h8-10,13-14,17-20,29-32,34,44-47,49-50,65H,11-12,15-16,21-28H2,1-7H3,(H,61,63)(H,62,64)(H,66,75)(H,73,74)/t44-,45-,46+,47+,49-,50-/m1/s1. The van der Waals surface area contributed by atoms with Gasteiger partial charge in [0.15, 0.2) is 11.6 Å². The van der Waals surface area contributed by atoms with Crippen molar-refractivity contribution in [2.75, 3.05) is 43.1 Å². The Hall–Kier alpha value is -7.24. The average Bonchev–Trinajstić information content (AvgIpc) is 4.27. The molecule has 6 atom stereocenters. The Kier molecular flexibility index (Phi) is 14.2. The third kappa shape index (κ3) is 10.3. The Morgan fingerprint density at radius 2 is 1.12 bits per heavy atom. The molecule has 4 amide bonds. The Morgan fingerprint density at radius 1 is 0.632 bits per heavy atom. The van der Waals surface area contributed by atoms with E-state index in [1.807, 2.05) is 95.0 Å². The van der Waals surface area contributed by atoms with Gasteiger partial charge in [-0.2, -0.15) is 0 Å². The van der Waals surface area contributed by atoms with Gasteiger partial charge in [0.1, 0.15) is 29.4 Å². The van der Waals surface area contributed by atoms with E-state index in [0.29, 0.717) is 86.1 Å². The number of anilines is 2. The van der Waals surface area contributed by atoms with E-state index in [4.69, 9.17) is 14.7 Å². The Morgan fingerprint density at radius 3 is 1.58 bits per heavy atom. The lowest BCUT2D eigenvalue weighted by Crippen LogP contribution is -2.54. The molecule has 18 heteroatoms. The van der Waals surface area contributed by atoms with Gasteiger partial charge in [0.2, 0.25) is 11.8 Å². The number of likely N-dealkylation sites (tertiary alicyclic amines) is 2. The van der Waals surface area contributed by atoms with Crippen molar-refractivity contribution in [2.24, 2.45) is 10.8 Å². The maximum Gasteiger partial charge on any atom is 0.407 e. The second-order valence-electron chi connectivity index (χ2n) is 23.3. The number of hydrogen-bond acceptors (Lipinski definition) is 9. The number of aromatic amines is 2. The molecule has 0 radical (unpaired) electrons. The average molecular weight is 1040 g/mol. The van der Waals surface area contributed by atoms with Gasteiger partial charge in [0.25, 0.3) is 0 Å². The molecule has 4 saturated heterocycles. The van der Waals surface area contributed by atoms with Crippen molar-refractivity contribution in [3.05, 3.63) is 119 Å². The largest absolute Gasteiger partial charge is 0.465 e. The summed E-state index contributed by atoms with van der Waals surface area (Å²) < 4.78 is 38.6. The number of piperidine rings is 1. The molecular formula is C58H70F2N10O6. The van der Waals surface area contributed by atoms with Gasteiger partial charge in [-0.05, 0) is 121 Å². The predicted octanol–water partition coefficient (Wildman–Crippen LogP) is 11.0. The summed E-state index contributed by atoms with van der Waals surface area (Å²) in [6.45, 7) is 13.2. The van der Waals surface area contributed by atoms with Crippen LogP contribution < -0.4 is 20.4 Å². The third-order valence-electron chi connectivity index (χ3n) is 16.2. The molecule has 4 aromatic carbocycles. The number of rotatable bonds is 11. The van der Waals surface area contributed by atoms with Crippen LogP contribution in [0, 0.1) is 22.5 Å². The van der Waals surface area contributed by atoms with Crippen LogP contribution in [0.5, 0.6) is 0 Å². The second kappa shape index (κ2) is 20.7. The molecule has 16 nitrogen and oxygen atoms in total. The van der Waals surface area contributed by atoms with E-state index in [2.05, 4.69) is 43.7 Å². The number of halogens is 2. The van der Waals surface area contributed by atoms with Gasteiger partial charge in [0, 0.05) is 31.9 Å². The first kappa shape index (κ1) is 52.2.